The van der Waals surface area contributed by atoms with Crippen LogP contribution in [0.15, 0.2) is 59.5 Å². The van der Waals surface area contributed by atoms with E-state index in [0.29, 0.717) is 6.54 Å². The minimum Gasteiger partial charge on any atom is -0.348 e. The van der Waals surface area contributed by atoms with E-state index in [-0.39, 0.29) is 41.3 Å². The zero-order valence-electron chi connectivity index (χ0n) is 24.1. The summed E-state index contributed by atoms with van der Waals surface area (Å²) in [5.74, 6) is 0.201. The van der Waals surface area contributed by atoms with Crippen molar-refractivity contribution < 1.29 is 18.0 Å². The number of carbonyl (C=O) groups excluding carboxylic acids is 2. The van der Waals surface area contributed by atoms with Crippen molar-refractivity contribution >= 4 is 21.7 Å². The highest BCUT2D eigenvalue weighted by molar-refractivity contribution is 7.90. The van der Waals surface area contributed by atoms with Gasteiger partial charge in [0.1, 0.15) is 0 Å². The van der Waals surface area contributed by atoms with Crippen LogP contribution in [0.4, 0.5) is 0 Å². The Kier molecular flexibility index (Phi) is 10.4. The molecule has 0 saturated carbocycles. The first-order valence-electron chi connectivity index (χ1n) is 14.5. The molecule has 2 aliphatic heterocycles. The molecule has 2 aliphatic rings. The van der Waals surface area contributed by atoms with E-state index in [2.05, 4.69) is 27.2 Å². The van der Waals surface area contributed by atoms with Crippen LogP contribution in [0.25, 0.3) is 0 Å². The molecular weight excluding hydrogens is 524 g/mol. The van der Waals surface area contributed by atoms with Gasteiger partial charge in [-0.25, -0.2) is 8.42 Å². The van der Waals surface area contributed by atoms with Crippen LogP contribution in [0.2, 0.25) is 0 Å². The van der Waals surface area contributed by atoms with Crippen LogP contribution in [0.1, 0.15) is 56.2 Å². The van der Waals surface area contributed by atoms with Crippen LogP contribution in [0.5, 0.6) is 0 Å². The normalized spacial score (nSPS) is 19.8. The average molecular weight is 569 g/mol. The zero-order valence-corrected chi connectivity index (χ0v) is 24.9. The molecule has 2 saturated heterocycles. The van der Waals surface area contributed by atoms with Crippen molar-refractivity contribution in [1.29, 1.82) is 0 Å². The maximum atomic E-state index is 13.2. The molecule has 2 aromatic carbocycles. The van der Waals surface area contributed by atoms with E-state index in [4.69, 9.17) is 0 Å². The molecule has 2 aromatic rings. The first-order chi connectivity index (χ1) is 19.2. The lowest BCUT2D eigenvalue weighted by Gasteiger charge is -2.38. The van der Waals surface area contributed by atoms with Crippen molar-refractivity contribution in [2.45, 2.75) is 68.5 Å². The van der Waals surface area contributed by atoms with Crippen LogP contribution < -0.4 is 5.32 Å². The standard InChI is InChI=1S/C31H44N4O4S/c1-4-35(30(36)23-24-12-14-27(15-13-24)40(3,38)39)26-16-20-34(21-17-26)22-18-28(25-9-6-5-7-10-25)32-31(37)29-11-8-19-33(29)2/h5-7,9-10,12-15,26,28-29H,4,8,11,16-23H2,1-3H3,(H,32,37). The summed E-state index contributed by atoms with van der Waals surface area (Å²) >= 11 is 0. The number of rotatable bonds is 11. The zero-order chi connectivity index (χ0) is 28.7. The van der Waals surface area contributed by atoms with Crippen LogP contribution in [0.3, 0.4) is 0 Å². The fourth-order valence-corrected chi connectivity index (χ4v) is 6.68. The number of likely N-dealkylation sites (N-methyl/N-ethyl adjacent to an activating group) is 2. The molecule has 1 N–H and O–H groups in total. The van der Waals surface area contributed by atoms with E-state index < -0.39 is 9.84 Å². The lowest BCUT2D eigenvalue weighted by atomic mass is 9.99. The number of piperidine rings is 1. The van der Waals surface area contributed by atoms with E-state index in [9.17, 15) is 18.0 Å². The van der Waals surface area contributed by atoms with Crippen LogP contribution >= 0.6 is 0 Å². The average Bonchev–Trinajstić information content (AvgIpc) is 3.38. The fourth-order valence-electron chi connectivity index (χ4n) is 6.05. The summed E-state index contributed by atoms with van der Waals surface area (Å²) in [6, 6.07) is 17.0. The molecule has 2 amide bonds. The number of hydrogen-bond donors (Lipinski definition) is 1. The van der Waals surface area contributed by atoms with Gasteiger partial charge in [-0.1, -0.05) is 42.5 Å². The predicted octanol–water partition coefficient (Wildman–Crippen LogP) is 3.29. The molecule has 9 heteroatoms. The van der Waals surface area contributed by atoms with Crippen LogP contribution in [-0.2, 0) is 25.8 Å². The highest BCUT2D eigenvalue weighted by atomic mass is 32.2. The Hall–Kier alpha value is -2.75. The quantitative estimate of drug-likeness (QED) is 0.448. The SMILES string of the molecule is CCN(C(=O)Cc1ccc(S(C)(=O)=O)cc1)C1CCN(CCC(NC(=O)C2CCCN2C)c2ccccc2)CC1. The fraction of sp³-hybridized carbons (Fsp3) is 0.548. The van der Waals surface area contributed by atoms with Crippen molar-refractivity contribution in [2.75, 3.05) is 46.0 Å². The Morgan fingerprint density at radius 3 is 2.25 bits per heavy atom. The summed E-state index contributed by atoms with van der Waals surface area (Å²) in [5, 5.41) is 3.34. The minimum absolute atomic E-state index is 0.0248. The van der Waals surface area contributed by atoms with E-state index in [1.165, 1.54) is 6.26 Å². The lowest BCUT2D eigenvalue weighted by molar-refractivity contribution is -0.133. The minimum atomic E-state index is -3.25. The maximum Gasteiger partial charge on any atom is 0.237 e. The summed E-state index contributed by atoms with van der Waals surface area (Å²) in [6.45, 7) is 6.36. The third kappa shape index (κ3) is 7.92. The van der Waals surface area contributed by atoms with Crippen molar-refractivity contribution in [3.63, 3.8) is 0 Å². The van der Waals surface area contributed by atoms with Gasteiger partial charge in [0.05, 0.1) is 23.4 Å². The Balaban J connectivity index is 1.29. The van der Waals surface area contributed by atoms with Crippen LogP contribution in [0, 0.1) is 0 Å². The number of benzene rings is 2. The molecule has 0 aromatic heterocycles. The van der Waals surface area contributed by atoms with E-state index in [0.717, 1.165) is 69.4 Å². The van der Waals surface area contributed by atoms with Gasteiger partial charge in [-0.2, -0.15) is 0 Å². The van der Waals surface area contributed by atoms with Crippen LogP contribution in [-0.4, -0.2) is 93.0 Å². The van der Waals surface area contributed by atoms with E-state index in [1.54, 1.807) is 24.3 Å². The number of nitrogens with one attached hydrogen (secondary N) is 1. The van der Waals surface area contributed by atoms with Gasteiger partial charge >= 0.3 is 0 Å². The highest BCUT2D eigenvalue weighted by Gasteiger charge is 2.31. The first-order valence-corrected chi connectivity index (χ1v) is 16.4. The molecule has 2 atom stereocenters. The highest BCUT2D eigenvalue weighted by Crippen LogP contribution is 2.23. The molecule has 0 aliphatic carbocycles. The Labute approximate surface area is 239 Å². The molecule has 40 heavy (non-hydrogen) atoms. The van der Waals surface area contributed by atoms with E-state index in [1.807, 2.05) is 37.1 Å². The third-order valence-electron chi connectivity index (χ3n) is 8.44. The molecule has 2 fully saturated rings. The largest absolute Gasteiger partial charge is 0.348 e. The number of nitrogens with zero attached hydrogens (tertiary/aromatic N) is 3. The van der Waals surface area contributed by atoms with Gasteiger partial charge in [-0.15, -0.1) is 0 Å². The lowest BCUT2D eigenvalue weighted by Crippen LogP contribution is -2.48. The monoisotopic (exact) mass is 568 g/mol. The summed E-state index contributed by atoms with van der Waals surface area (Å²) in [4.78, 5) is 33.1. The second-order valence-corrected chi connectivity index (χ2v) is 13.3. The molecule has 8 nitrogen and oxygen atoms in total. The van der Waals surface area contributed by atoms with Crippen molar-refractivity contribution in [3.05, 3.63) is 65.7 Å². The second-order valence-electron chi connectivity index (χ2n) is 11.2. The van der Waals surface area contributed by atoms with Gasteiger partial charge in [0.15, 0.2) is 9.84 Å². The molecule has 0 bridgehead atoms. The molecule has 2 unspecified atom stereocenters. The summed E-state index contributed by atoms with van der Waals surface area (Å²) in [7, 11) is -1.23. The Morgan fingerprint density at radius 2 is 1.68 bits per heavy atom. The number of carbonyl (C=O) groups is 2. The Bertz CT molecular complexity index is 1230. The number of sulfone groups is 1. The molecule has 4 rings (SSSR count). The van der Waals surface area contributed by atoms with Gasteiger partial charge in [-0.3, -0.25) is 14.5 Å². The molecule has 0 radical (unpaired) electrons. The second kappa shape index (κ2) is 13.7. The number of likely N-dealkylation sites (tertiary alicyclic amines) is 2. The van der Waals surface area contributed by atoms with Crippen molar-refractivity contribution in [2.24, 2.45) is 0 Å². The Morgan fingerprint density at radius 1 is 1.00 bits per heavy atom. The smallest absolute Gasteiger partial charge is 0.237 e. The van der Waals surface area contributed by atoms with Gasteiger partial charge in [0, 0.05) is 38.5 Å². The van der Waals surface area contributed by atoms with Gasteiger partial charge < -0.3 is 15.1 Å². The summed E-state index contributed by atoms with van der Waals surface area (Å²) in [5.41, 5.74) is 1.96. The molecule has 0 spiro atoms. The molecular formula is C31H44N4O4S. The maximum absolute atomic E-state index is 13.2. The molecule has 218 valence electrons. The summed E-state index contributed by atoms with van der Waals surface area (Å²) < 4.78 is 23.4. The van der Waals surface area contributed by atoms with Crippen molar-refractivity contribution in [1.82, 2.24) is 20.0 Å². The number of amides is 2. The number of hydrogen-bond acceptors (Lipinski definition) is 6. The molecule has 2 heterocycles. The van der Waals surface area contributed by atoms with Crippen molar-refractivity contribution in [3.8, 4) is 0 Å². The van der Waals surface area contributed by atoms with Gasteiger partial charge in [0.2, 0.25) is 11.8 Å². The summed E-state index contributed by atoms with van der Waals surface area (Å²) in [6.07, 6.45) is 6.11. The predicted molar refractivity (Wildman–Crippen MR) is 158 cm³/mol. The third-order valence-corrected chi connectivity index (χ3v) is 9.57. The van der Waals surface area contributed by atoms with Gasteiger partial charge in [-0.05, 0) is 75.9 Å². The van der Waals surface area contributed by atoms with E-state index >= 15 is 0 Å². The topological polar surface area (TPSA) is 90.0 Å². The van der Waals surface area contributed by atoms with Gasteiger partial charge in [0.25, 0.3) is 0 Å². The first kappa shape index (κ1) is 30.2.